The normalized spacial score (nSPS) is 17.3. The fourth-order valence-electron chi connectivity index (χ4n) is 4.42. The number of aliphatic imine (C=N–C) groups is 1. The van der Waals surface area contributed by atoms with Crippen molar-refractivity contribution >= 4 is 68.6 Å². The molecule has 12 heteroatoms. The van der Waals surface area contributed by atoms with Crippen molar-refractivity contribution in [3.63, 3.8) is 0 Å². The molecule has 2 heterocycles. The van der Waals surface area contributed by atoms with Gasteiger partial charge in [-0.1, -0.05) is 0 Å². The Morgan fingerprint density at radius 3 is 2.48 bits per heavy atom. The van der Waals surface area contributed by atoms with E-state index in [1.165, 1.54) is 23.9 Å². The third-order valence-corrected chi connectivity index (χ3v) is 8.48. The summed E-state index contributed by atoms with van der Waals surface area (Å²) in [4.78, 5) is 32.7. The second kappa shape index (κ2) is 13.6. The van der Waals surface area contributed by atoms with Crippen molar-refractivity contribution < 1.29 is 23.9 Å². The number of rotatable bonds is 9. The molecule has 5 rings (SSSR count). The summed E-state index contributed by atoms with van der Waals surface area (Å²) in [5.74, 6) is 0.995. The lowest BCUT2D eigenvalue weighted by Gasteiger charge is -2.28. The number of halogens is 1. The highest BCUT2D eigenvalue weighted by Gasteiger charge is 2.30. The highest BCUT2D eigenvalue weighted by molar-refractivity contribution is 14.1. The van der Waals surface area contributed by atoms with Crippen LogP contribution in [0.5, 0.6) is 11.5 Å². The Morgan fingerprint density at radius 1 is 1.10 bits per heavy atom. The van der Waals surface area contributed by atoms with Crippen LogP contribution in [-0.4, -0.2) is 60.9 Å². The molecule has 0 saturated carbocycles. The Morgan fingerprint density at radius 2 is 1.81 bits per heavy atom. The SMILES string of the molecule is CCOc1cc(/C=C2\SC(=Nc3ccc(N4CCOCC4)cc3)N(C)C2=O)cc(I)c1OCc1ccc([N+](=O)[O-])cc1. The molecule has 2 aliphatic rings. The molecule has 0 bridgehead atoms. The summed E-state index contributed by atoms with van der Waals surface area (Å²) < 4.78 is 18.2. The average Bonchev–Trinajstić information content (AvgIpc) is 3.25. The third kappa shape index (κ3) is 7.05. The summed E-state index contributed by atoms with van der Waals surface area (Å²) >= 11 is 3.51. The zero-order valence-corrected chi connectivity index (χ0v) is 26.1. The third-order valence-electron chi connectivity index (χ3n) is 6.61. The molecule has 0 radical (unpaired) electrons. The minimum atomic E-state index is -0.433. The first kappa shape index (κ1) is 29.9. The van der Waals surface area contributed by atoms with Crippen LogP contribution in [-0.2, 0) is 16.1 Å². The van der Waals surface area contributed by atoms with Crippen LogP contribution in [0.2, 0.25) is 0 Å². The summed E-state index contributed by atoms with van der Waals surface area (Å²) in [6, 6.07) is 18.0. The lowest BCUT2D eigenvalue weighted by molar-refractivity contribution is -0.384. The predicted molar refractivity (Wildman–Crippen MR) is 173 cm³/mol. The maximum Gasteiger partial charge on any atom is 0.269 e. The van der Waals surface area contributed by atoms with Crippen molar-refractivity contribution in [1.82, 2.24) is 4.90 Å². The van der Waals surface area contributed by atoms with Crippen molar-refractivity contribution in [3.8, 4) is 11.5 Å². The molecule has 2 saturated heterocycles. The summed E-state index contributed by atoms with van der Waals surface area (Å²) in [5.41, 5.74) is 3.53. The number of amides is 1. The summed E-state index contributed by atoms with van der Waals surface area (Å²) in [7, 11) is 1.72. The minimum absolute atomic E-state index is 0.0283. The number of nitro groups is 1. The molecule has 10 nitrogen and oxygen atoms in total. The first-order valence-corrected chi connectivity index (χ1v) is 15.2. The number of nitrogens with zero attached hydrogens (tertiary/aromatic N) is 4. The van der Waals surface area contributed by atoms with Gasteiger partial charge in [-0.3, -0.25) is 19.8 Å². The Labute approximate surface area is 261 Å². The maximum absolute atomic E-state index is 13.1. The fourth-order valence-corrected chi connectivity index (χ4v) is 6.18. The van der Waals surface area contributed by atoms with Gasteiger partial charge in [-0.2, -0.15) is 0 Å². The van der Waals surface area contributed by atoms with Crippen LogP contribution in [0.1, 0.15) is 18.1 Å². The van der Waals surface area contributed by atoms with Gasteiger partial charge in [-0.05, 0) is 107 Å². The molecule has 0 N–H and O–H groups in total. The number of ether oxygens (including phenoxy) is 3. The van der Waals surface area contributed by atoms with E-state index in [9.17, 15) is 14.9 Å². The number of hydrogen-bond donors (Lipinski definition) is 0. The zero-order chi connectivity index (χ0) is 29.6. The highest BCUT2D eigenvalue weighted by Crippen LogP contribution is 2.38. The number of non-ortho nitro benzene ring substituents is 1. The standard InChI is InChI=1S/C30H29IN4O6S/c1-3-40-26-17-21(16-25(31)28(26)41-19-20-4-8-24(9-5-20)35(37)38)18-27-29(36)33(2)30(42-27)32-22-6-10-23(11-7-22)34-12-14-39-15-13-34/h4-11,16-18H,3,12-15,19H2,1-2H3/b27-18-,32-30?. The van der Waals surface area contributed by atoms with Crippen molar-refractivity contribution in [1.29, 1.82) is 0 Å². The number of likely N-dealkylation sites (N-methyl/N-ethyl adjacent to an activating group) is 1. The molecule has 0 aliphatic carbocycles. The van der Waals surface area contributed by atoms with Gasteiger partial charge in [0.1, 0.15) is 6.61 Å². The van der Waals surface area contributed by atoms with E-state index in [2.05, 4.69) is 27.5 Å². The van der Waals surface area contributed by atoms with Crippen LogP contribution in [0, 0.1) is 13.7 Å². The Hall–Kier alpha value is -3.62. The number of morpholine rings is 1. The molecular weight excluding hydrogens is 671 g/mol. The van der Waals surface area contributed by atoms with Crippen LogP contribution in [0.3, 0.4) is 0 Å². The molecule has 3 aromatic carbocycles. The number of amidine groups is 1. The number of carbonyl (C=O) groups is 1. The number of thioether (sulfide) groups is 1. The molecule has 0 aromatic heterocycles. The van der Waals surface area contributed by atoms with Crippen LogP contribution in [0.15, 0.2) is 70.6 Å². The van der Waals surface area contributed by atoms with Crippen LogP contribution in [0.4, 0.5) is 17.1 Å². The second-order valence-electron chi connectivity index (χ2n) is 9.46. The Bertz CT molecular complexity index is 1520. The van der Waals surface area contributed by atoms with Gasteiger partial charge in [0.25, 0.3) is 11.6 Å². The monoisotopic (exact) mass is 700 g/mol. The molecule has 0 spiro atoms. The number of carbonyl (C=O) groups excluding carboxylic acids is 1. The van der Waals surface area contributed by atoms with E-state index in [0.717, 1.165) is 52.4 Å². The minimum Gasteiger partial charge on any atom is -0.490 e. The number of hydrogen-bond acceptors (Lipinski definition) is 9. The molecule has 3 aromatic rings. The molecule has 0 atom stereocenters. The van der Waals surface area contributed by atoms with Gasteiger partial charge in [0.15, 0.2) is 16.7 Å². The van der Waals surface area contributed by atoms with Crippen molar-refractivity contribution in [2.45, 2.75) is 13.5 Å². The van der Waals surface area contributed by atoms with Crippen molar-refractivity contribution in [2.24, 2.45) is 4.99 Å². The Balaban J connectivity index is 1.32. The largest absolute Gasteiger partial charge is 0.490 e. The van der Waals surface area contributed by atoms with Gasteiger partial charge in [-0.25, -0.2) is 4.99 Å². The maximum atomic E-state index is 13.1. The smallest absolute Gasteiger partial charge is 0.269 e. The van der Waals surface area contributed by atoms with Gasteiger partial charge in [-0.15, -0.1) is 0 Å². The van der Waals surface area contributed by atoms with Gasteiger partial charge < -0.3 is 19.1 Å². The number of benzene rings is 3. The lowest BCUT2D eigenvalue weighted by Crippen LogP contribution is -2.36. The van der Waals surface area contributed by atoms with E-state index in [1.54, 1.807) is 24.1 Å². The molecule has 1 amide bonds. The number of anilines is 1. The fraction of sp³-hybridized carbons (Fsp3) is 0.267. The van der Waals surface area contributed by atoms with Crippen molar-refractivity contribution in [3.05, 3.63) is 90.4 Å². The van der Waals surface area contributed by atoms with Gasteiger partial charge in [0.05, 0.1) is 38.9 Å². The predicted octanol–water partition coefficient (Wildman–Crippen LogP) is 6.25. The van der Waals surface area contributed by atoms with Crippen LogP contribution in [0.25, 0.3) is 6.08 Å². The lowest BCUT2D eigenvalue weighted by atomic mass is 10.1. The topological polar surface area (TPSA) is 107 Å². The molecule has 2 aliphatic heterocycles. The van der Waals surface area contributed by atoms with E-state index in [-0.39, 0.29) is 18.2 Å². The van der Waals surface area contributed by atoms with Gasteiger partial charge in [0.2, 0.25) is 0 Å². The first-order chi connectivity index (χ1) is 20.3. The molecular formula is C30H29IN4O6S. The molecule has 42 heavy (non-hydrogen) atoms. The Kier molecular flexibility index (Phi) is 9.65. The molecule has 0 unspecified atom stereocenters. The highest BCUT2D eigenvalue weighted by atomic mass is 127. The molecule has 2 fully saturated rings. The van der Waals surface area contributed by atoms with E-state index in [1.807, 2.05) is 49.4 Å². The molecule has 218 valence electrons. The first-order valence-electron chi connectivity index (χ1n) is 13.3. The zero-order valence-electron chi connectivity index (χ0n) is 23.1. The van der Waals surface area contributed by atoms with E-state index in [0.29, 0.717) is 28.2 Å². The quantitative estimate of drug-likeness (QED) is 0.112. The van der Waals surface area contributed by atoms with Crippen LogP contribution < -0.4 is 14.4 Å². The van der Waals surface area contributed by atoms with E-state index < -0.39 is 4.92 Å². The summed E-state index contributed by atoms with van der Waals surface area (Å²) in [5, 5.41) is 11.5. The van der Waals surface area contributed by atoms with Crippen LogP contribution >= 0.6 is 34.4 Å². The summed E-state index contributed by atoms with van der Waals surface area (Å²) in [6.07, 6.45) is 1.83. The number of nitro benzene ring substituents is 1. The van der Waals surface area contributed by atoms with E-state index in [4.69, 9.17) is 19.2 Å². The van der Waals surface area contributed by atoms with Gasteiger partial charge in [0, 0.05) is 38.0 Å². The van der Waals surface area contributed by atoms with Gasteiger partial charge >= 0.3 is 0 Å². The second-order valence-corrected chi connectivity index (χ2v) is 11.6. The van der Waals surface area contributed by atoms with Crippen molar-refractivity contribution in [2.75, 3.05) is 44.9 Å². The summed E-state index contributed by atoms with van der Waals surface area (Å²) in [6.45, 7) is 5.73. The van der Waals surface area contributed by atoms with E-state index >= 15 is 0 Å². The average molecular weight is 701 g/mol.